The first-order valence-electron chi connectivity index (χ1n) is 3.17. The van der Waals surface area contributed by atoms with E-state index in [-0.39, 0.29) is 40.8 Å². The predicted octanol–water partition coefficient (Wildman–Crippen LogP) is 2.10. The van der Waals surface area contributed by atoms with Gasteiger partial charge in [-0.15, -0.1) is 9.24 Å². The summed E-state index contributed by atoms with van der Waals surface area (Å²) in [4.78, 5) is 0. The van der Waals surface area contributed by atoms with E-state index in [0.29, 0.717) is 0 Å². The smallest absolute Gasteiger partial charge is 0 e. The van der Waals surface area contributed by atoms with Crippen LogP contribution in [0.2, 0.25) is 0 Å². The van der Waals surface area contributed by atoms with E-state index in [2.05, 4.69) is 33.5 Å². The predicted molar refractivity (Wildman–Crippen MR) is 44.7 cm³/mol. The van der Waals surface area contributed by atoms with E-state index in [0.717, 1.165) is 6.16 Å². The molecule has 0 bridgehead atoms. The number of hydrogen-bond donors (Lipinski definition) is 0. The van der Waals surface area contributed by atoms with Crippen molar-refractivity contribution in [3.05, 3.63) is 35.9 Å². The van der Waals surface area contributed by atoms with E-state index < -0.39 is 0 Å². The minimum atomic E-state index is 0. The molecule has 52 valence electrons. The summed E-state index contributed by atoms with van der Waals surface area (Å²) in [7, 11) is 2.73. The first-order valence-corrected chi connectivity index (χ1v) is 3.99. The molecule has 1 aromatic rings. The molecular formula is C8H11NdP. The van der Waals surface area contributed by atoms with Crippen LogP contribution in [0.4, 0.5) is 0 Å². The molecule has 0 N–H and O–H groups in total. The first-order chi connectivity index (χ1) is 4.43. The van der Waals surface area contributed by atoms with Crippen molar-refractivity contribution in [3.8, 4) is 0 Å². The van der Waals surface area contributed by atoms with Gasteiger partial charge in [-0.25, -0.2) is 0 Å². The van der Waals surface area contributed by atoms with Crippen LogP contribution in [-0.2, 0) is 6.42 Å². The van der Waals surface area contributed by atoms with Gasteiger partial charge in [0.25, 0.3) is 0 Å². The normalized spacial score (nSPS) is 8.50. The first kappa shape index (κ1) is 11.0. The summed E-state index contributed by atoms with van der Waals surface area (Å²) in [5.74, 6) is 0. The number of benzene rings is 1. The molecule has 1 rings (SSSR count). The van der Waals surface area contributed by atoms with Crippen LogP contribution in [0.25, 0.3) is 0 Å². The Labute approximate surface area is 97.5 Å². The summed E-state index contributed by atoms with van der Waals surface area (Å²) in [6.45, 7) is 0. The molecule has 10 heavy (non-hydrogen) atoms. The molecule has 0 aliphatic heterocycles. The number of aryl methyl sites for hydroxylation is 1. The zero-order valence-corrected chi connectivity index (χ0v) is 10.2. The summed E-state index contributed by atoms with van der Waals surface area (Å²) in [5.41, 5.74) is 1.42. The Morgan fingerprint density at radius 2 is 1.70 bits per heavy atom. The molecule has 0 heterocycles. The average molecular weight is 282 g/mol. The molecule has 1 aromatic carbocycles. The van der Waals surface area contributed by atoms with Crippen LogP contribution in [0.5, 0.6) is 0 Å². The molecule has 1 atom stereocenters. The molecule has 0 fully saturated rings. The van der Waals surface area contributed by atoms with Crippen molar-refractivity contribution in [2.45, 2.75) is 6.42 Å². The molecule has 0 aliphatic carbocycles. The minimum Gasteiger partial charge on any atom is -0.137 e. The molecule has 0 spiro atoms. The van der Waals surface area contributed by atoms with Crippen LogP contribution in [0.15, 0.2) is 30.3 Å². The topological polar surface area (TPSA) is 0 Å². The minimum absolute atomic E-state index is 0. The maximum absolute atomic E-state index is 2.73. The molecule has 2 heteroatoms. The van der Waals surface area contributed by atoms with Gasteiger partial charge in [0.05, 0.1) is 0 Å². The van der Waals surface area contributed by atoms with E-state index in [9.17, 15) is 0 Å². The van der Waals surface area contributed by atoms with Crippen LogP contribution in [0.1, 0.15) is 5.56 Å². The molecule has 0 amide bonds. The van der Waals surface area contributed by atoms with Crippen molar-refractivity contribution >= 4 is 9.24 Å². The average Bonchev–Trinajstić information content (AvgIpc) is 1.91. The molecule has 0 saturated carbocycles. The fourth-order valence-electron chi connectivity index (χ4n) is 0.811. The molecule has 0 radical (unpaired) electrons. The Morgan fingerprint density at radius 1 is 1.10 bits per heavy atom. The molecule has 1 unspecified atom stereocenters. The van der Waals surface area contributed by atoms with Crippen molar-refractivity contribution in [1.82, 2.24) is 0 Å². The third kappa shape index (κ3) is 4.00. The largest absolute Gasteiger partial charge is 0.137 e. The Balaban J connectivity index is 0.000000810. The summed E-state index contributed by atoms with van der Waals surface area (Å²) < 4.78 is 0. The van der Waals surface area contributed by atoms with Crippen molar-refractivity contribution in [2.75, 3.05) is 6.16 Å². The van der Waals surface area contributed by atoms with Crippen molar-refractivity contribution < 1.29 is 40.8 Å². The fraction of sp³-hybridized carbons (Fsp3) is 0.250. The van der Waals surface area contributed by atoms with Crippen molar-refractivity contribution in [1.29, 1.82) is 0 Å². The Hall–Kier alpha value is 1.00. The van der Waals surface area contributed by atoms with Gasteiger partial charge in [0, 0.05) is 40.8 Å². The van der Waals surface area contributed by atoms with Gasteiger partial charge in [-0.1, -0.05) is 30.3 Å². The zero-order chi connectivity index (χ0) is 6.53. The fourth-order valence-corrected chi connectivity index (χ4v) is 1.14. The van der Waals surface area contributed by atoms with Gasteiger partial charge < -0.3 is 0 Å². The van der Waals surface area contributed by atoms with Crippen molar-refractivity contribution in [3.63, 3.8) is 0 Å². The van der Waals surface area contributed by atoms with Gasteiger partial charge >= 0.3 is 0 Å². The number of rotatable bonds is 2. The molecular weight excluding hydrogens is 271 g/mol. The van der Waals surface area contributed by atoms with Gasteiger partial charge in [-0.2, -0.15) is 0 Å². The molecule has 0 aromatic heterocycles. The summed E-state index contributed by atoms with van der Waals surface area (Å²) in [6.07, 6.45) is 2.33. The maximum atomic E-state index is 2.73. The van der Waals surface area contributed by atoms with E-state index in [1.54, 1.807) is 0 Å². The molecule has 0 saturated heterocycles. The van der Waals surface area contributed by atoms with Crippen LogP contribution >= 0.6 is 9.24 Å². The SMILES string of the molecule is PCCc1ccccc1.[Nd]. The van der Waals surface area contributed by atoms with Crippen LogP contribution in [-0.4, -0.2) is 6.16 Å². The van der Waals surface area contributed by atoms with E-state index in [1.165, 1.54) is 12.0 Å². The second kappa shape index (κ2) is 6.69. The maximum Gasteiger partial charge on any atom is 0 e. The van der Waals surface area contributed by atoms with Gasteiger partial charge in [-0.05, 0) is 18.1 Å². The van der Waals surface area contributed by atoms with Crippen LogP contribution < -0.4 is 0 Å². The van der Waals surface area contributed by atoms with Gasteiger partial charge in [0.2, 0.25) is 0 Å². The van der Waals surface area contributed by atoms with Gasteiger partial charge in [0.15, 0.2) is 0 Å². The van der Waals surface area contributed by atoms with E-state index >= 15 is 0 Å². The zero-order valence-electron chi connectivity index (χ0n) is 5.88. The Kier molecular flexibility index (Phi) is 7.36. The Bertz CT molecular complexity index is 162. The van der Waals surface area contributed by atoms with Crippen molar-refractivity contribution in [2.24, 2.45) is 0 Å². The molecule has 0 aliphatic rings. The van der Waals surface area contributed by atoms with Crippen LogP contribution in [0, 0.1) is 40.8 Å². The quantitative estimate of drug-likeness (QED) is 0.729. The summed E-state index contributed by atoms with van der Waals surface area (Å²) in [5, 5.41) is 0. The summed E-state index contributed by atoms with van der Waals surface area (Å²) >= 11 is 0. The van der Waals surface area contributed by atoms with Gasteiger partial charge in [0.1, 0.15) is 0 Å². The monoisotopic (exact) mass is 280 g/mol. The Morgan fingerprint density at radius 3 is 2.20 bits per heavy atom. The van der Waals surface area contributed by atoms with E-state index in [4.69, 9.17) is 0 Å². The third-order valence-electron chi connectivity index (χ3n) is 1.28. The standard InChI is InChI=1S/C8H11P.Nd/c9-7-6-8-4-2-1-3-5-8;/h1-5H,6-7,9H2;. The second-order valence-corrected chi connectivity index (χ2v) is 2.60. The second-order valence-electron chi connectivity index (χ2n) is 2.02. The van der Waals surface area contributed by atoms with E-state index in [1.807, 2.05) is 6.07 Å². The number of hydrogen-bond acceptors (Lipinski definition) is 0. The third-order valence-corrected chi connectivity index (χ3v) is 1.56. The summed E-state index contributed by atoms with van der Waals surface area (Å²) in [6, 6.07) is 10.5. The van der Waals surface area contributed by atoms with Gasteiger partial charge in [-0.3, -0.25) is 0 Å². The van der Waals surface area contributed by atoms with Crippen LogP contribution in [0.3, 0.4) is 0 Å². The molecule has 0 nitrogen and oxygen atoms in total.